The highest BCUT2D eigenvalue weighted by Crippen LogP contribution is 2.28. The molecule has 0 saturated carbocycles. The van der Waals surface area contributed by atoms with Gasteiger partial charge in [0.15, 0.2) is 0 Å². The fourth-order valence-corrected chi connectivity index (χ4v) is 1.87. The molecular weight excluding hydrogens is 204 g/mol. The lowest BCUT2D eigenvalue weighted by molar-refractivity contribution is 0.549. The molecule has 1 unspecified atom stereocenters. The Bertz CT molecular complexity index is 315. The summed E-state index contributed by atoms with van der Waals surface area (Å²) in [5.74, 6) is 0.734. The van der Waals surface area contributed by atoms with Crippen molar-refractivity contribution in [2.45, 2.75) is 45.9 Å². The molecule has 0 radical (unpaired) electrons. The Labute approximate surface area is 98.7 Å². The molecule has 0 amide bonds. The highest BCUT2D eigenvalue weighted by molar-refractivity contribution is 6.20. The Hall–Kier alpha value is -0.490. The lowest BCUT2D eigenvalue weighted by Crippen LogP contribution is -1.95. The van der Waals surface area contributed by atoms with Crippen LogP contribution in [0, 0.1) is 19.8 Å². The number of alkyl halides is 1. The number of benzene rings is 1. The molecule has 1 rings (SSSR count). The molecule has 1 heteroatoms. The number of hydrogen-bond donors (Lipinski definition) is 0. The van der Waals surface area contributed by atoms with Gasteiger partial charge in [0, 0.05) is 0 Å². The zero-order valence-electron chi connectivity index (χ0n) is 10.2. The fraction of sp³-hybridized carbons (Fsp3) is 0.571. The maximum Gasteiger partial charge on any atom is 0.0585 e. The number of rotatable bonds is 4. The molecule has 1 aromatic carbocycles. The van der Waals surface area contributed by atoms with E-state index in [2.05, 4.69) is 45.9 Å². The van der Waals surface area contributed by atoms with Crippen LogP contribution in [0.25, 0.3) is 0 Å². The molecule has 0 aliphatic rings. The van der Waals surface area contributed by atoms with E-state index >= 15 is 0 Å². The zero-order chi connectivity index (χ0) is 11.4. The van der Waals surface area contributed by atoms with E-state index in [0.717, 1.165) is 12.3 Å². The average Bonchev–Trinajstić information content (AvgIpc) is 2.18. The number of aryl methyl sites for hydroxylation is 2. The largest absolute Gasteiger partial charge is 0.118 e. The van der Waals surface area contributed by atoms with Crippen molar-refractivity contribution in [1.29, 1.82) is 0 Å². The van der Waals surface area contributed by atoms with Gasteiger partial charge in [-0.05, 0) is 49.3 Å². The second kappa shape index (κ2) is 5.55. The highest BCUT2D eigenvalue weighted by Gasteiger charge is 2.09. The summed E-state index contributed by atoms with van der Waals surface area (Å²) < 4.78 is 0. The zero-order valence-corrected chi connectivity index (χ0v) is 10.9. The third-order valence-electron chi connectivity index (χ3n) is 2.89. The summed E-state index contributed by atoms with van der Waals surface area (Å²) in [6, 6.07) is 6.53. The Kier molecular flexibility index (Phi) is 4.66. The molecule has 0 aliphatic carbocycles. The SMILES string of the molecule is Cc1ccc(C(Cl)CCC(C)C)cc1C. The lowest BCUT2D eigenvalue weighted by Gasteiger charge is -2.13. The van der Waals surface area contributed by atoms with E-state index < -0.39 is 0 Å². The van der Waals surface area contributed by atoms with Crippen molar-refractivity contribution in [2.24, 2.45) is 5.92 Å². The van der Waals surface area contributed by atoms with Gasteiger partial charge in [-0.1, -0.05) is 32.0 Å². The molecule has 1 atom stereocenters. The molecular formula is C14H21Cl. The van der Waals surface area contributed by atoms with Crippen LogP contribution in [0.15, 0.2) is 18.2 Å². The smallest absolute Gasteiger partial charge is 0.0585 e. The summed E-state index contributed by atoms with van der Waals surface area (Å²) in [5, 5.41) is 0.173. The number of halogens is 1. The third-order valence-corrected chi connectivity index (χ3v) is 3.36. The van der Waals surface area contributed by atoms with Crippen LogP contribution < -0.4 is 0 Å². The van der Waals surface area contributed by atoms with Crippen molar-refractivity contribution in [3.8, 4) is 0 Å². The summed E-state index contributed by atoms with van der Waals surface area (Å²) in [5.41, 5.74) is 3.94. The maximum atomic E-state index is 6.37. The first kappa shape index (κ1) is 12.6. The summed E-state index contributed by atoms with van der Waals surface area (Å²) in [4.78, 5) is 0. The molecule has 1 aromatic rings. The van der Waals surface area contributed by atoms with E-state index in [-0.39, 0.29) is 5.38 Å². The van der Waals surface area contributed by atoms with Gasteiger partial charge in [-0.3, -0.25) is 0 Å². The standard InChI is InChI=1S/C14H21Cl/c1-10(2)5-8-14(15)13-7-6-11(3)12(4)9-13/h6-7,9-10,14H,5,8H2,1-4H3. The Balaban J connectivity index is 2.65. The van der Waals surface area contributed by atoms with Gasteiger partial charge in [-0.2, -0.15) is 0 Å². The molecule has 0 heterocycles. The minimum atomic E-state index is 0.173. The van der Waals surface area contributed by atoms with Gasteiger partial charge in [-0.25, -0.2) is 0 Å². The normalized spacial score (nSPS) is 13.2. The molecule has 0 saturated heterocycles. The summed E-state index contributed by atoms with van der Waals surface area (Å²) >= 11 is 6.37. The summed E-state index contributed by atoms with van der Waals surface area (Å²) in [7, 11) is 0. The average molecular weight is 225 g/mol. The second-order valence-electron chi connectivity index (χ2n) is 4.78. The van der Waals surface area contributed by atoms with Gasteiger partial charge < -0.3 is 0 Å². The first-order valence-electron chi connectivity index (χ1n) is 5.72. The third kappa shape index (κ3) is 3.87. The Morgan fingerprint density at radius 1 is 1.07 bits per heavy atom. The van der Waals surface area contributed by atoms with Crippen LogP contribution in [0.2, 0.25) is 0 Å². The molecule has 0 aromatic heterocycles. The van der Waals surface area contributed by atoms with Crippen molar-refractivity contribution in [2.75, 3.05) is 0 Å². The van der Waals surface area contributed by atoms with Gasteiger partial charge in [0.2, 0.25) is 0 Å². The predicted molar refractivity (Wildman–Crippen MR) is 68.6 cm³/mol. The summed E-state index contributed by atoms with van der Waals surface area (Å²) in [6.07, 6.45) is 2.27. The molecule has 84 valence electrons. The first-order chi connectivity index (χ1) is 7.00. The van der Waals surface area contributed by atoms with Gasteiger partial charge in [0.1, 0.15) is 0 Å². The van der Waals surface area contributed by atoms with Crippen molar-refractivity contribution in [1.82, 2.24) is 0 Å². The van der Waals surface area contributed by atoms with Crippen molar-refractivity contribution in [3.05, 3.63) is 34.9 Å². The van der Waals surface area contributed by atoms with E-state index in [4.69, 9.17) is 11.6 Å². The van der Waals surface area contributed by atoms with E-state index in [1.165, 1.54) is 23.1 Å². The van der Waals surface area contributed by atoms with Crippen molar-refractivity contribution in [3.63, 3.8) is 0 Å². The molecule has 0 bridgehead atoms. The molecule has 0 spiro atoms. The van der Waals surface area contributed by atoms with Gasteiger partial charge in [-0.15, -0.1) is 11.6 Å². The quantitative estimate of drug-likeness (QED) is 0.630. The monoisotopic (exact) mass is 224 g/mol. The van der Waals surface area contributed by atoms with Crippen LogP contribution in [0.3, 0.4) is 0 Å². The van der Waals surface area contributed by atoms with E-state index in [0.29, 0.717) is 0 Å². The minimum absolute atomic E-state index is 0.173. The second-order valence-corrected chi connectivity index (χ2v) is 5.31. The van der Waals surface area contributed by atoms with Gasteiger partial charge in [0.05, 0.1) is 5.38 Å². The molecule has 15 heavy (non-hydrogen) atoms. The van der Waals surface area contributed by atoms with Crippen molar-refractivity contribution >= 4 is 11.6 Å². The van der Waals surface area contributed by atoms with Crippen molar-refractivity contribution < 1.29 is 0 Å². The molecule has 0 N–H and O–H groups in total. The van der Waals surface area contributed by atoms with E-state index in [1.807, 2.05) is 0 Å². The minimum Gasteiger partial charge on any atom is -0.118 e. The van der Waals surface area contributed by atoms with Crippen LogP contribution in [0.1, 0.15) is 48.8 Å². The topological polar surface area (TPSA) is 0 Å². The van der Waals surface area contributed by atoms with Crippen LogP contribution in [-0.2, 0) is 0 Å². The fourth-order valence-electron chi connectivity index (χ4n) is 1.61. The van der Waals surface area contributed by atoms with Gasteiger partial charge in [0.25, 0.3) is 0 Å². The lowest BCUT2D eigenvalue weighted by atomic mass is 9.99. The van der Waals surface area contributed by atoms with Gasteiger partial charge >= 0.3 is 0 Å². The molecule has 0 nitrogen and oxygen atoms in total. The van der Waals surface area contributed by atoms with E-state index in [9.17, 15) is 0 Å². The first-order valence-corrected chi connectivity index (χ1v) is 6.15. The predicted octanol–water partition coefficient (Wildman–Crippen LogP) is 5.02. The Morgan fingerprint density at radius 3 is 2.27 bits per heavy atom. The molecule has 0 fully saturated rings. The molecule has 0 aliphatic heterocycles. The summed E-state index contributed by atoms with van der Waals surface area (Å²) in [6.45, 7) is 8.76. The Morgan fingerprint density at radius 2 is 1.73 bits per heavy atom. The highest BCUT2D eigenvalue weighted by atomic mass is 35.5. The maximum absolute atomic E-state index is 6.37. The van der Waals surface area contributed by atoms with E-state index in [1.54, 1.807) is 0 Å². The number of hydrogen-bond acceptors (Lipinski definition) is 0. The van der Waals surface area contributed by atoms with Crippen LogP contribution >= 0.6 is 11.6 Å². The van der Waals surface area contributed by atoms with Crippen LogP contribution in [0.5, 0.6) is 0 Å². The van der Waals surface area contributed by atoms with Crippen LogP contribution in [-0.4, -0.2) is 0 Å². The van der Waals surface area contributed by atoms with Crippen LogP contribution in [0.4, 0.5) is 0 Å².